The molecule has 4 aromatic rings. The first-order valence-electron chi connectivity index (χ1n) is 9.58. The molecule has 0 aliphatic carbocycles. The SMILES string of the molecule is Cl.[2H]C([2H])([2H])n1c(=O)c2ccc(-c3ccc(N)nc3)cc2n2nc(CCOC)cc12. The molecule has 0 saturated heterocycles. The van der Waals surface area contributed by atoms with Crippen molar-refractivity contribution in [3.8, 4) is 11.1 Å². The molecule has 140 valence electrons. The topological polar surface area (TPSA) is 87.4 Å². The van der Waals surface area contributed by atoms with E-state index in [0.717, 1.165) is 15.7 Å². The van der Waals surface area contributed by atoms with Crippen molar-refractivity contribution in [1.29, 1.82) is 0 Å². The highest BCUT2D eigenvalue weighted by Crippen LogP contribution is 2.24. The first-order valence-corrected chi connectivity index (χ1v) is 8.08. The van der Waals surface area contributed by atoms with Crippen LogP contribution < -0.4 is 11.3 Å². The summed E-state index contributed by atoms with van der Waals surface area (Å²) in [5, 5.41) is 4.80. The van der Waals surface area contributed by atoms with Crippen LogP contribution in [0.3, 0.4) is 0 Å². The zero-order chi connectivity index (χ0) is 20.8. The highest BCUT2D eigenvalue weighted by Gasteiger charge is 2.13. The molecule has 0 radical (unpaired) electrons. The molecule has 3 heterocycles. The van der Waals surface area contributed by atoms with Gasteiger partial charge in [0.2, 0.25) is 0 Å². The Morgan fingerprint density at radius 3 is 2.74 bits per heavy atom. The fourth-order valence-electron chi connectivity index (χ4n) is 2.95. The smallest absolute Gasteiger partial charge is 0.261 e. The number of nitrogens with two attached hydrogens (primary N) is 1. The molecule has 0 aliphatic heterocycles. The van der Waals surface area contributed by atoms with Crippen LogP contribution in [-0.2, 0) is 18.1 Å². The summed E-state index contributed by atoms with van der Waals surface area (Å²) in [6, 6.07) is 10.3. The van der Waals surface area contributed by atoms with E-state index in [0.29, 0.717) is 30.1 Å². The zero-order valence-electron chi connectivity index (χ0n) is 17.5. The zero-order valence-corrected chi connectivity index (χ0v) is 15.4. The molecule has 0 amide bonds. The van der Waals surface area contributed by atoms with E-state index < -0.39 is 12.5 Å². The summed E-state index contributed by atoms with van der Waals surface area (Å²) in [5.41, 5.74) is 8.06. The van der Waals surface area contributed by atoms with Crippen LogP contribution in [0.5, 0.6) is 0 Å². The van der Waals surface area contributed by atoms with Crippen molar-refractivity contribution < 1.29 is 8.85 Å². The number of hydrogen-bond donors (Lipinski definition) is 1. The second kappa shape index (κ2) is 7.38. The Morgan fingerprint density at radius 2 is 2.04 bits per heavy atom. The minimum Gasteiger partial charge on any atom is -0.384 e. The van der Waals surface area contributed by atoms with E-state index in [-0.39, 0.29) is 23.4 Å². The normalized spacial score (nSPS) is 13.1. The molecule has 1 aromatic carbocycles. The molecule has 2 N–H and O–H groups in total. The first-order chi connectivity index (χ1) is 13.8. The lowest BCUT2D eigenvalue weighted by atomic mass is 10.1. The highest BCUT2D eigenvalue weighted by atomic mass is 35.5. The molecule has 0 atom stereocenters. The second-order valence-corrected chi connectivity index (χ2v) is 5.99. The number of aryl methyl sites for hydroxylation is 1. The van der Waals surface area contributed by atoms with Crippen molar-refractivity contribution in [1.82, 2.24) is 19.2 Å². The molecule has 0 unspecified atom stereocenters. The molecule has 0 bridgehead atoms. The average Bonchev–Trinajstić information content (AvgIpc) is 3.09. The third-order valence-electron chi connectivity index (χ3n) is 4.31. The molecule has 8 heteroatoms. The van der Waals surface area contributed by atoms with Crippen molar-refractivity contribution in [3.63, 3.8) is 0 Å². The van der Waals surface area contributed by atoms with E-state index in [4.69, 9.17) is 14.6 Å². The summed E-state index contributed by atoms with van der Waals surface area (Å²) >= 11 is 0. The van der Waals surface area contributed by atoms with Crippen LogP contribution in [0.4, 0.5) is 5.82 Å². The number of anilines is 1. The number of methoxy groups -OCH3 is 1. The number of fused-ring (bicyclic) bond motifs is 3. The molecular weight excluding hydrogens is 366 g/mol. The summed E-state index contributed by atoms with van der Waals surface area (Å²) in [4.78, 5) is 17.1. The number of halogens is 1. The summed E-state index contributed by atoms with van der Waals surface area (Å²) in [5.74, 6) is 0.410. The number of rotatable bonds is 4. The van der Waals surface area contributed by atoms with Crippen molar-refractivity contribution in [2.75, 3.05) is 19.5 Å². The molecule has 0 spiro atoms. The van der Waals surface area contributed by atoms with Gasteiger partial charge in [0.05, 0.1) is 23.2 Å². The Hall–Kier alpha value is -2.90. The van der Waals surface area contributed by atoms with Gasteiger partial charge in [0.25, 0.3) is 5.56 Å². The van der Waals surface area contributed by atoms with E-state index in [1.54, 1.807) is 43.6 Å². The molecule has 3 aromatic heterocycles. The van der Waals surface area contributed by atoms with Crippen molar-refractivity contribution in [2.45, 2.75) is 6.42 Å². The van der Waals surface area contributed by atoms with Crippen LogP contribution >= 0.6 is 12.4 Å². The molecule has 4 rings (SSSR count). The van der Waals surface area contributed by atoms with Crippen LogP contribution in [0, 0.1) is 0 Å². The lowest BCUT2D eigenvalue weighted by Crippen LogP contribution is -2.19. The van der Waals surface area contributed by atoms with Crippen LogP contribution in [-0.4, -0.2) is 32.9 Å². The number of pyridine rings is 1. The number of nitrogens with zero attached hydrogens (tertiary/aromatic N) is 4. The van der Waals surface area contributed by atoms with Crippen LogP contribution in [0.25, 0.3) is 27.7 Å². The number of benzene rings is 1. The van der Waals surface area contributed by atoms with E-state index in [9.17, 15) is 4.79 Å². The van der Waals surface area contributed by atoms with Gasteiger partial charge in [-0.2, -0.15) is 5.10 Å². The largest absolute Gasteiger partial charge is 0.384 e. The molecule has 0 fully saturated rings. The van der Waals surface area contributed by atoms with Gasteiger partial charge in [-0.3, -0.25) is 9.36 Å². The third-order valence-corrected chi connectivity index (χ3v) is 4.31. The summed E-state index contributed by atoms with van der Waals surface area (Å²) in [6.07, 6.45) is 2.14. The van der Waals surface area contributed by atoms with Crippen LogP contribution in [0.15, 0.2) is 47.4 Å². The van der Waals surface area contributed by atoms with Crippen molar-refractivity contribution >= 4 is 34.8 Å². The van der Waals surface area contributed by atoms with E-state index in [1.807, 2.05) is 6.07 Å². The average molecular weight is 389 g/mol. The Balaban J connectivity index is 0.00000256. The highest BCUT2D eigenvalue weighted by molar-refractivity contribution is 5.86. The van der Waals surface area contributed by atoms with Gasteiger partial charge in [0.15, 0.2) is 0 Å². The minimum atomic E-state index is -2.63. The van der Waals surface area contributed by atoms with Gasteiger partial charge in [-0.15, -0.1) is 12.4 Å². The third kappa shape index (κ3) is 3.27. The Kier molecular flexibility index (Phi) is 4.15. The molecule has 27 heavy (non-hydrogen) atoms. The van der Waals surface area contributed by atoms with Crippen molar-refractivity contribution in [3.05, 3.63) is 58.6 Å². The number of ether oxygens (including phenoxy) is 1. The molecule has 0 saturated carbocycles. The fraction of sp³-hybridized carbons (Fsp3) is 0.211. The first kappa shape index (κ1) is 15.2. The van der Waals surface area contributed by atoms with Gasteiger partial charge in [0.1, 0.15) is 11.5 Å². The maximum Gasteiger partial charge on any atom is 0.261 e. The van der Waals surface area contributed by atoms with E-state index >= 15 is 0 Å². The minimum absolute atomic E-state index is 0. The summed E-state index contributed by atoms with van der Waals surface area (Å²) in [7, 11) is 1.58. The monoisotopic (exact) mass is 388 g/mol. The van der Waals surface area contributed by atoms with Gasteiger partial charge >= 0.3 is 0 Å². The second-order valence-electron chi connectivity index (χ2n) is 5.99. The number of aromatic nitrogens is 4. The number of hydrogen-bond acceptors (Lipinski definition) is 5. The Labute approximate surface area is 166 Å². The quantitative estimate of drug-likeness (QED) is 0.580. The molecule has 7 nitrogen and oxygen atoms in total. The van der Waals surface area contributed by atoms with Gasteiger partial charge in [0, 0.05) is 42.4 Å². The maximum absolute atomic E-state index is 13.0. The maximum atomic E-state index is 13.0. The van der Waals surface area contributed by atoms with Gasteiger partial charge < -0.3 is 10.5 Å². The van der Waals surface area contributed by atoms with E-state index in [1.165, 1.54) is 4.52 Å². The Morgan fingerprint density at radius 1 is 1.22 bits per heavy atom. The molecular formula is C19H20ClN5O2. The predicted octanol–water partition coefficient (Wildman–Crippen LogP) is 2.44. The fourth-order valence-corrected chi connectivity index (χ4v) is 2.95. The predicted molar refractivity (Wildman–Crippen MR) is 108 cm³/mol. The van der Waals surface area contributed by atoms with Crippen LogP contribution in [0.1, 0.15) is 9.81 Å². The van der Waals surface area contributed by atoms with Gasteiger partial charge in [-0.05, 0) is 29.8 Å². The standard InChI is InChI=1S/C19H19N5O2.ClH/c1-23-18-10-14(7-8-26-2)22-24(18)16-9-12(3-5-15(16)19(23)25)13-4-6-17(20)21-11-13;/h3-6,9-11H,7-8H2,1-2H3,(H2,20,21);1H/i1D3;. The lowest BCUT2D eigenvalue weighted by molar-refractivity contribution is 0.201. The Bertz CT molecular complexity index is 1270. The van der Waals surface area contributed by atoms with Crippen LogP contribution in [0.2, 0.25) is 0 Å². The van der Waals surface area contributed by atoms with Crippen molar-refractivity contribution in [2.24, 2.45) is 6.98 Å². The lowest BCUT2D eigenvalue weighted by Gasteiger charge is -2.08. The van der Waals surface area contributed by atoms with E-state index in [2.05, 4.69) is 10.1 Å². The number of nitrogen functional groups attached to an aromatic ring is 1. The summed E-state index contributed by atoms with van der Waals surface area (Å²) in [6.45, 7) is -2.20. The summed E-state index contributed by atoms with van der Waals surface area (Å²) < 4.78 is 30.9. The van der Waals surface area contributed by atoms with Gasteiger partial charge in [-0.25, -0.2) is 9.50 Å². The molecule has 0 aliphatic rings. The van der Waals surface area contributed by atoms with Gasteiger partial charge in [-0.1, -0.05) is 6.07 Å².